The molecule has 6 heteroatoms. The van der Waals surface area contributed by atoms with E-state index in [9.17, 15) is 14.7 Å². The second kappa shape index (κ2) is 7.17. The van der Waals surface area contributed by atoms with Crippen LogP contribution >= 0.6 is 0 Å². The number of nitrogens with one attached hydrogen (secondary N) is 1. The number of fused-ring (bicyclic) bond motifs is 1. The average Bonchev–Trinajstić information content (AvgIpc) is 2.61. The fourth-order valence-electron chi connectivity index (χ4n) is 2.71. The SMILES string of the molecule is Cc1cccn2c(=O)c(C(=O)NCCCc3ccccc3)c(O)nc12. The van der Waals surface area contributed by atoms with E-state index < -0.39 is 17.3 Å². The molecule has 0 aliphatic rings. The largest absolute Gasteiger partial charge is 0.493 e. The number of hydrogen-bond acceptors (Lipinski definition) is 4. The van der Waals surface area contributed by atoms with E-state index in [0.717, 1.165) is 18.4 Å². The first-order valence-electron chi connectivity index (χ1n) is 8.11. The lowest BCUT2D eigenvalue weighted by Gasteiger charge is -2.09. The predicted octanol–water partition coefficient (Wildman–Crippen LogP) is 2.07. The zero-order valence-corrected chi connectivity index (χ0v) is 13.9. The van der Waals surface area contributed by atoms with Gasteiger partial charge in [-0.25, -0.2) is 0 Å². The number of pyridine rings is 1. The molecule has 0 unspecified atom stereocenters. The molecule has 128 valence electrons. The van der Waals surface area contributed by atoms with Gasteiger partial charge in [0.2, 0.25) is 5.88 Å². The molecule has 0 fully saturated rings. The van der Waals surface area contributed by atoms with Gasteiger partial charge < -0.3 is 10.4 Å². The van der Waals surface area contributed by atoms with Gasteiger partial charge in [0.15, 0.2) is 5.56 Å². The molecule has 2 heterocycles. The van der Waals surface area contributed by atoms with Crippen LogP contribution in [0, 0.1) is 6.92 Å². The molecule has 0 atom stereocenters. The van der Waals surface area contributed by atoms with Gasteiger partial charge in [0.25, 0.3) is 11.5 Å². The Kier molecular flexibility index (Phi) is 4.79. The first-order chi connectivity index (χ1) is 12.1. The number of hydrogen-bond donors (Lipinski definition) is 2. The summed E-state index contributed by atoms with van der Waals surface area (Å²) in [5.74, 6) is -1.15. The van der Waals surface area contributed by atoms with Gasteiger partial charge in [-0.1, -0.05) is 36.4 Å². The van der Waals surface area contributed by atoms with Crippen molar-refractivity contribution in [3.05, 3.63) is 75.7 Å². The van der Waals surface area contributed by atoms with Crippen molar-refractivity contribution in [2.45, 2.75) is 19.8 Å². The van der Waals surface area contributed by atoms with Crippen LogP contribution in [0.5, 0.6) is 5.88 Å². The Bertz CT molecular complexity index is 965. The lowest BCUT2D eigenvalue weighted by atomic mass is 10.1. The second-order valence-corrected chi connectivity index (χ2v) is 5.85. The molecule has 3 aromatic rings. The van der Waals surface area contributed by atoms with Crippen molar-refractivity contribution in [3.8, 4) is 5.88 Å². The minimum absolute atomic E-state index is 0.331. The van der Waals surface area contributed by atoms with E-state index in [0.29, 0.717) is 12.2 Å². The van der Waals surface area contributed by atoms with Crippen LogP contribution < -0.4 is 10.9 Å². The number of aromatic nitrogens is 2. The van der Waals surface area contributed by atoms with Gasteiger partial charge in [-0.15, -0.1) is 0 Å². The van der Waals surface area contributed by atoms with Gasteiger partial charge in [-0.2, -0.15) is 4.98 Å². The summed E-state index contributed by atoms with van der Waals surface area (Å²) in [4.78, 5) is 28.8. The molecule has 1 amide bonds. The maximum atomic E-state index is 12.5. The highest BCUT2D eigenvalue weighted by Gasteiger charge is 2.19. The molecular weight excluding hydrogens is 318 g/mol. The van der Waals surface area contributed by atoms with Crippen molar-refractivity contribution < 1.29 is 9.90 Å². The Hall–Kier alpha value is -3.15. The molecule has 2 aromatic heterocycles. The number of carbonyl (C=O) groups excluding carboxylic acids is 1. The fourth-order valence-corrected chi connectivity index (χ4v) is 2.71. The van der Waals surface area contributed by atoms with E-state index >= 15 is 0 Å². The number of aromatic hydroxyl groups is 1. The number of nitrogens with zero attached hydrogens (tertiary/aromatic N) is 2. The van der Waals surface area contributed by atoms with E-state index in [1.54, 1.807) is 19.1 Å². The average molecular weight is 337 g/mol. The van der Waals surface area contributed by atoms with E-state index in [1.807, 2.05) is 30.3 Å². The third kappa shape index (κ3) is 3.52. The zero-order chi connectivity index (χ0) is 17.8. The summed E-state index contributed by atoms with van der Waals surface area (Å²) in [5, 5.41) is 12.7. The molecule has 0 spiro atoms. The molecule has 25 heavy (non-hydrogen) atoms. The van der Waals surface area contributed by atoms with Gasteiger partial charge in [0, 0.05) is 12.7 Å². The highest BCUT2D eigenvalue weighted by molar-refractivity contribution is 5.96. The van der Waals surface area contributed by atoms with Crippen molar-refractivity contribution in [2.75, 3.05) is 6.54 Å². The number of carbonyl (C=O) groups is 1. The molecule has 6 nitrogen and oxygen atoms in total. The van der Waals surface area contributed by atoms with E-state index in [-0.39, 0.29) is 5.56 Å². The van der Waals surface area contributed by atoms with E-state index in [1.165, 1.54) is 16.2 Å². The normalized spacial score (nSPS) is 10.8. The minimum atomic E-state index is -0.612. The Morgan fingerprint density at radius 1 is 1.20 bits per heavy atom. The number of aryl methyl sites for hydroxylation is 2. The summed E-state index contributed by atoms with van der Waals surface area (Å²) >= 11 is 0. The topological polar surface area (TPSA) is 83.7 Å². The molecule has 0 aliphatic heterocycles. The Balaban J connectivity index is 1.73. The summed E-state index contributed by atoms with van der Waals surface area (Å²) < 4.78 is 1.27. The third-order valence-electron chi connectivity index (χ3n) is 4.03. The van der Waals surface area contributed by atoms with Crippen LogP contribution in [0.2, 0.25) is 0 Å². The predicted molar refractivity (Wildman–Crippen MR) is 95.0 cm³/mol. The van der Waals surface area contributed by atoms with E-state index in [2.05, 4.69) is 10.3 Å². The molecule has 2 N–H and O–H groups in total. The first kappa shape index (κ1) is 16.7. The van der Waals surface area contributed by atoms with Gasteiger partial charge in [-0.3, -0.25) is 14.0 Å². The highest BCUT2D eigenvalue weighted by Crippen LogP contribution is 2.13. The lowest BCUT2D eigenvalue weighted by Crippen LogP contribution is -2.32. The van der Waals surface area contributed by atoms with Crippen molar-refractivity contribution in [1.82, 2.24) is 14.7 Å². The smallest absolute Gasteiger partial charge is 0.274 e. The molecule has 1 aromatic carbocycles. The monoisotopic (exact) mass is 337 g/mol. The minimum Gasteiger partial charge on any atom is -0.493 e. The quantitative estimate of drug-likeness (QED) is 0.698. The van der Waals surface area contributed by atoms with Crippen LogP contribution in [0.25, 0.3) is 5.65 Å². The van der Waals surface area contributed by atoms with Crippen LogP contribution in [0.4, 0.5) is 0 Å². The standard InChI is InChI=1S/C19H19N3O3/c1-13-7-6-12-22-16(13)21-18(24)15(19(22)25)17(23)20-11-5-10-14-8-3-2-4-9-14/h2-4,6-9,12,24H,5,10-11H2,1H3,(H,20,23). The summed E-state index contributed by atoms with van der Waals surface area (Å²) in [6.07, 6.45) is 3.09. The maximum absolute atomic E-state index is 12.5. The van der Waals surface area contributed by atoms with E-state index in [4.69, 9.17) is 0 Å². The zero-order valence-electron chi connectivity index (χ0n) is 13.9. The number of benzene rings is 1. The lowest BCUT2D eigenvalue weighted by molar-refractivity contribution is 0.0948. The van der Waals surface area contributed by atoms with Crippen molar-refractivity contribution in [2.24, 2.45) is 0 Å². The van der Waals surface area contributed by atoms with Crippen molar-refractivity contribution in [3.63, 3.8) is 0 Å². The molecule has 0 radical (unpaired) electrons. The van der Waals surface area contributed by atoms with Crippen LogP contribution in [0.3, 0.4) is 0 Å². The summed E-state index contributed by atoms with van der Waals surface area (Å²) in [6.45, 7) is 2.19. The second-order valence-electron chi connectivity index (χ2n) is 5.85. The third-order valence-corrected chi connectivity index (χ3v) is 4.03. The molecule has 0 saturated carbocycles. The Morgan fingerprint density at radius 3 is 2.72 bits per heavy atom. The molecule has 0 saturated heterocycles. The fraction of sp³-hybridized carbons (Fsp3) is 0.211. The molecule has 0 bridgehead atoms. The number of amides is 1. The van der Waals surface area contributed by atoms with Crippen molar-refractivity contribution in [1.29, 1.82) is 0 Å². The van der Waals surface area contributed by atoms with Crippen LogP contribution in [-0.4, -0.2) is 26.9 Å². The maximum Gasteiger partial charge on any atom is 0.274 e. The van der Waals surface area contributed by atoms with Gasteiger partial charge >= 0.3 is 0 Å². The van der Waals surface area contributed by atoms with Crippen LogP contribution in [-0.2, 0) is 6.42 Å². The summed E-state index contributed by atoms with van der Waals surface area (Å²) in [6, 6.07) is 13.4. The molecular formula is C19H19N3O3. The van der Waals surface area contributed by atoms with Crippen LogP contribution in [0.15, 0.2) is 53.5 Å². The van der Waals surface area contributed by atoms with Crippen molar-refractivity contribution >= 4 is 11.6 Å². The van der Waals surface area contributed by atoms with Crippen LogP contribution in [0.1, 0.15) is 27.9 Å². The summed E-state index contributed by atoms with van der Waals surface area (Å²) in [5.41, 5.74) is 1.35. The number of rotatable bonds is 5. The summed E-state index contributed by atoms with van der Waals surface area (Å²) in [7, 11) is 0. The van der Waals surface area contributed by atoms with Gasteiger partial charge in [0.05, 0.1) is 0 Å². The van der Waals surface area contributed by atoms with Gasteiger partial charge in [-0.05, 0) is 37.0 Å². The molecule has 0 aliphatic carbocycles. The van der Waals surface area contributed by atoms with Gasteiger partial charge in [0.1, 0.15) is 5.65 Å². The highest BCUT2D eigenvalue weighted by atomic mass is 16.3. The molecule has 3 rings (SSSR count). The first-order valence-corrected chi connectivity index (χ1v) is 8.11. The Labute approximate surface area is 144 Å². The Morgan fingerprint density at radius 2 is 1.96 bits per heavy atom.